The molecule has 2 aromatic rings. The zero-order valence-electron chi connectivity index (χ0n) is 16.0. The van der Waals surface area contributed by atoms with Crippen LogP contribution in [0.2, 0.25) is 0 Å². The van der Waals surface area contributed by atoms with E-state index in [-0.39, 0.29) is 16.8 Å². The summed E-state index contributed by atoms with van der Waals surface area (Å²) in [6, 6.07) is 12.0. The minimum absolute atomic E-state index is 0.0271. The van der Waals surface area contributed by atoms with Gasteiger partial charge in [0.25, 0.3) is 10.0 Å². The second-order valence-corrected chi connectivity index (χ2v) is 8.46. The van der Waals surface area contributed by atoms with Crippen LogP contribution in [0.3, 0.4) is 0 Å². The minimum Gasteiger partial charge on any atom is -0.497 e. The standard InChI is InChI=1S/C20H24N2O4S/c1-5-21(17-6-8-18(26-4)9-7-17)27(24,25)19-10-11-20-16(13-19)12-14(2)22(20)15(3)23/h6-11,13-14H,5,12H2,1-4H3/t14-/m0/s1. The lowest BCUT2D eigenvalue weighted by molar-refractivity contribution is -0.116. The highest BCUT2D eigenvalue weighted by molar-refractivity contribution is 7.92. The first-order chi connectivity index (χ1) is 12.8. The number of methoxy groups -OCH3 is 1. The first-order valence-corrected chi connectivity index (χ1v) is 10.3. The molecule has 1 amide bonds. The first kappa shape index (κ1) is 19.2. The molecule has 0 radical (unpaired) electrons. The molecule has 144 valence electrons. The molecule has 27 heavy (non-hydrogen) atoms. The molecule has 0 bridgehead atoms. The number of carbonyl (C=O) groups is 1. The highest BCUT2D eigenvalue weighted by Gasteiger charge is 2.31. The van der Waals surface area contributed by atoms with Gasteiger partial charge >= 0.3 is 0 Å². The lowest BCUT2D eigenvalue weighted by Gasteiger charge is -2.24. The van der Waals surface area contributed by atoms with Gasteiger partial charge in [-0.1, -0.05) is 0 Å². The van der Waals surface area contributed by atoms with Gasteiger partial charge < -0.3 is 9.64 Å². The van der Waals surface area contributed by atoms with Crippen LogP contribution < -0.4 is 13.9 Å². The van der Waals surface area contributed by atoms with E-state index in [1.807, 2.05) is 6.92 Å². The van der Waals surface area contributed by atoms with Crippen molar-refractivity contribution in [1.82, 2.24) is 0 Å². The van der Waals surface area contributed by atoms with E-state index < -0.39 is 10.0 Å². The smallest absolute Gasteiger partial charge is 0.264 e. The van der Waals surface area contributed by atoms with Crippen LogP contribution in [-0.2, 0) is 21.2 Å². The van der Waals surface area contributed by atoms with Crippen LogP contribution in [0, 0.1) is 0 Å². The Bertz CT molecular complexity index is 954. The Morgan fingerprint density at radius 3 is 2.44 bits per heavy atom. The van der Waals surface area contributed by atoms with Crippen LogP contribution in [0.4, 0.5) is 11.4 Å². The van der Waals surface area contributed by atoms with Crippen molar-refractivity contribution < 1.29 is 17.9 Å². The molecule has 3 rings (SSSR count). The Labute approximate surface area is 160 Å². The fourth-order valence-electron chi connectivity index (χ4n) is 3.61. The van der Waals surface area contributed by atoms with Crippen molar-refractivity contribution >= 4 is 27.3 Å². The zero-order valence-corrected chi connectivity index (χ0v) is 16.8. The van der Waals surface area contributed by atoms with Crippen LogP contribution in [0.15, 0.2) is 47.4 Å². The molecule has 0 saturated heterocycles. The van der Waals surface area contributed by atoms with Crippen LogP contribution >= 0.6 is 0 Å². The zero-order chi connectivity index (χ0) is 19.8. The van der Waals surface area contributed by atoms with E-state index in [1.54, 1.807) is 61.4 Å². The van der Waals surface area contributed by atoms with Gasteiger partial charge in [-0.15, -0.1) is 0 Å². The van der Waals surface area contributed by atoms with Crippen LogP contribution in [0.5, 0.6) is 5.75 Å². The lowest BCUT2D eigenvalue weighted by atomic mass is 10.1. The van der Waals surface area contributed by atoms with Crippen LogP contribution in [0.1, 0.15) is 26.3 Å². The van der Waals surface area contributed by atoms with E-state index in [0.29, 0.717) is 24.4 Å². The van der Waals surface area contributed by atoms with Gasteiger partial charge in [0, 0.05) is 25.2 Å². The number of amides is 1. The fraction of sp³-hybridized carbons (Fsp3) is 0.350. The molecule has 6 nitrogen and oxygen atoms in total. The average molecular weight is 388 g/mol. The van der Waals surface area contributed by atoms with Crippen LogP contribution in [0.25, 0.3) is 0 Å². The summed E-state index contributed by atoms with van der Waals surface area (Å²) in [5.74, 6) is 0.633. The Morgan fingerprint density at radius 1 is 1.22 bits per heavy atom. The third-order valence-corrected chi connectivity index (χ3v) is 6.74. The third-order valence-electron chi connectivity index (χ3n) is 4.84. The molecule has 0 aliphatic carbocycles. The summed E-state index contributed by atoms with van der Waals surface area (Å²) in [5.41, 5.74) is 2.25. The van der Waals surface area contributed by atoms with E-state index in [4.69, 9.17) is 4.74 Å². The number of benzene rings is 2. The van der Waals surface area contributed by atoms with Crippen molar-refractivity contribution in [3.8, 4) is 5.75 Å². The molecule has 0 aromatic heterocycles. The number of sulfonamides is 1. The van der Waals surface area contributed by atoms with E-state index in [2.05, 4.69) is 0 Å². The average Bonchev–Trinajstić information content (AvgIpc) is 2.97. The van der Waals surface area contributed by atoms with Gasteiger partial charge in [-0.05, 0) is 68.3 Å². The Morgan fingerprint density at radius 2 is 1.89 bits per heavy atom. The number of hydrogen-bond acceptors (Lipinski definition) is 4. The maximum Gasteiger partial charge on any atom is 0.264 e. The van der Waals surface area contributed by atoms with Crippen molar-refractivity contribution in [3.63, 3.8) is 0 Å². The summed E-state index contributed by atoms with van der Waals surface area (Å²) in [4.78, 5) is 13.8. The van der Waals surface area contributed by atoms with Gasteiger partial charge in [0.05, 0.1) is 17.7 Å². The largest absolute Gasteiger partial charge is 0.497 e. The summed E-state index contributed by atoms with van der Waals surface area (Å²) < 4.78 is 33.0. The van der Waals surface area contributed by atoms with Crippen molar-refractivity contribution in [2.75, 3.05) is 22.9 Å². The number of carbonyl (C=O) groups excluding carboxylic acids is 1. The molecule has 1 heterocycles. The summed E-state index contributed by atoms with van der Waals surface area (Å²) in [6.07, 6.45) is 0.646. The van der Waals surface area contributed by atoms with Crippen molar-refractivity contribution in [2.45, 2.75) is 38.1 Å². The second-order valence-electron chi connectivity index (χ2n) is 6.60. The first-order valence-electron chi connectivity index (χ1n) is 8.89. The van der Waals surface area contributed by atoms with Gasteiger partial charge in [-0.2, -0.15) is 0 Å². The van der Waals surface area contributed by atoms with Gasteiger partial charge in [0.2, 0.25) is 5.91 Å². The number of rotatable bonds is 5. The Kier molecular flexibility index (Phi) is 5.15. The summed E-state index contributed by atoms with van der Waals surface area (Å²) in [6.45, 7) is 5.60. The van der Waals surface area contributed by atoms with Crippen molar-refractivity contribution in [2.24, 2.45) is 0 Å². The number of ether oxygens (including phenoxy) is 1. The minimum atomic E-state index is -3.71. The number of anilines is 2. The van der Waals surface area contributed by atoms with Gasteiger partial charge in [0.1, 0.15) is 5.75 Å². The highest BCUT2D eigenvalue weighted by atomic mass is 32.2. The summed E-state index contributed by atoms with van der Waals surface area (Å²) in [7, 11) is -2.14. The molecule has 0 unspecified atom stereocenters. The quantitative estimate of drug-likeness (QED) is 0.789. The van der Waals surface area contributed by atoms with Crippen molar-refractivity contribution in [3.05, 3.63) is 48.0 Å². The van der Waals surface area contributed by atoms with E-state index in [1.165, 1.54) is 11.2 Å². The molecule has 7 heteroatoms. The molecule has 1 aliphatic rings. The van der Waals surface area contributed by atoms with Gasteiger partial charge in [0.15, 0.2) is 0 Å². The topological polar surface area (TPSA) is 66.9 Å². The number of nitrogens with zero attached hydrogens (tertiary/aromatic N) is 2. The van der Waals surface area contributed by atoms with E-state index in [9.17, 15) is 13.2 Å². The molecular weight excluding hydrogens is 364 g/mol. The summed E-state index contributed by atoms with van der Waals surface area (Å²) in [5, 5.41) is 0. The van der Waals surface area contributed by atoms with Crippen molar-refractivity contribution in [1.29, 1.82) is 0 Å². The molecule has 0 saturated carbocycles. The third kappa shape index (κ3) is 3.39. The number of fused-ring (bicyclic) bond motifs is 1. The van der Waals surface area contributed by atoms with E-state index >= 15 is 0 Å². The molecule has 1 aliphatic heterocycles. The second kappa shape index (κ2) is 7.23. The van der Waals surface area contributed by atoms with Gasteiger partial charge in [-0.3, -0.25) is 9.10 Å². The lowest BCUT2D eigenvalue weighted by Crippen LogP contribution is -2.33. The monoisotopic (exact) mass is 388 g/mol. The normalized spacial score (nSPS) is 16.1. The Balaban J connectivity index is 1.99. The fourth-order valence-corrected chi connectivity index (χ4v) is 5.14. The highest BCUT2D eigenvalue weighted by Crippen LogP contribution is 2.35. The SMILES string of the molecule is CCN(c1ccc(OC)cc1)S(=O)(=O)c1ccc2c(c1)C[C@H](C)N2C(C)=O. The number of hydrogen-bond donors (Lipinski definition) is 0. The predicted molar refractivity (Wildman–Crippen MR) is 106 cm³/mol. The van der Waals surface area contributed by atoms with Gasteiger partial charge in [-0.25, -0.2) is 8.42 Å². The maximum atomic E-state index is 13.2. The van der Waals surface area contributed by atoms with E-state index in [0.717, 1.165) is 11.3 Å². The Hall–Kier alpha value is -2.54. The molecular formula is C20H24N2O4S. The molecule has 2 aromatic carbocycles. The molecule has 0 spiro atoms. The van der Waals surface area contributed by atoms with Crippen LogP contribution in [-0.4, -0.2) is 34.0 Å². The molecule has 0 fully saturated rings. The predicted octanol–water partition coefficient (Wildman–Crippen LogP) is 3.21. The molecule has 0 N–H and O–H groups in total. The summed E-state index contributed by atoms with van der Waals surface area (Å²) >= 11 is 0. The molecule has 1 atom stereocenters. The maximum absolute atomic E-state index is 13.2.